The van der Waals surface area contributed by atoms with Crippen LogP contribution in [-0.4, -0.2) is 46.5 Å². The second-order valence-electron chi connectivity index (χ2n) is 5.40. The average Bonchev–Trinajstić information content (AvgIpc) is 2.66. The Kier molecular flexibility index (Phi) is 4.12. The van der Waals surface area contributed by atoms with Crippen LogP contribution in [-0.2, 0) is 9.59 Å². The number of ketones is 1. The van der Waals surface area contributed by atoms with Gasteiger partial charge in [0.05, 0.1) is 6.54 Å². The zero-order valence-electron chi connectivity index (χ0n) is 13.1. The molecule has 0 spiro atoms. The fraction of sp³-hybridized carbons (Fsp3) is 0.375. The Morgan fingerprint density at radius 3 is 2.00 bits per heavy atom. The number of hydrogen-bond donors (Lipinski definition) is 0. The van der Waals surface area contributed by atoms with Crippen molar-refractivity contribution in [2.75, 3.05) is 13.1 Å². The summed E-state index contributed by atoms with van der Waals surface area (Å²) in [5.74, 6) is -2.17. The molecule has 1 saturated heterocycles. The van der Waals surface area contributed by atoms with Crippen molar-refractivity contribution < 1.29 is 19.2 Å². The van der Waals surface area contributed by atoms with E-state index >= 15 is 0 Å². The molecule has 1 aromatic rings. The van der Waals surface area contributed by atoms with Crippen LogP contribution in [0.15, 0.2) is 12.1 Å². The maximum Gasteiger partial charge on any atom is 0.334 e. The van der Waals surface area contributed by atoms with Gasteiger partial charge in [0.1, 0.15) is 0 Å². The van der Waals surface area contributed by atoms with Crippen LogP contribution in [0.2, 0.25) is 0 Å². The average molecular weight is 302 g/mol. The standard InChI is InChI=1S/C16H18N2O4/c1-5-17-14(20)15(21)18(16(17)22)8-13(19)12-7-10(3)9(2)6-11(12)4/h6-7H,5,8H2,1-4H3. The normalized spacial score (nSPS) is 15.0. The molecule has 0 bridgehead atoms. The Morgan fingerprint density at radius 1 is 0.909 bits per heavy atom. The number of amides is 4. The first-order valence-electron chi connectivity index (χ1n) is 7.06. The summed E-state index contributed by atoms with van der Waals surface area (Å²) in [5.41, 5.74) is 3.27. The number of rotatable bonds is 4. The molecule has 2 rings (SSSR count). The molecule has 22 heavy (non-hydrogen) atoms. The van der Waals surface area contributed by atoms with Gasteiger partial charge in [-0.05, 0) is 50.5 Å². The van der Waals surface area contributed by atoms with E-state index in [1.165, 1.54) is 0 Å². The lowest BCUT2D eigenvalue weighted by atomic mass is 9.98. The smallest absolute Gasteiger partial charge is 0.292 e. The molecule has 0 saturated carbocycles. The van der Waals surface area contributed by atoms with Gasteiger partial charge in [0.15, 0.2) is 5.78 Å². The van der Waals surface area contributed by atoms with Crippen LogP contribution < -0.4 is 0 Å². The molecule has 0 aliphatic carbocycles. The number of carbonyl (C=O) groups is 4. The van der Waals surface area contributed by atoms with Crippen LogP contribution in [0.5, 0.6) is 0 Å². The highest BCUT2D eigenvalue weighted by atomic mass is 16.2. The van der Waals surface area contributed by atoms with E-state index in [4.69, 9.17) is 0 Å². The first kappa shape index (κ1) is 15.9. The number of aryl methyl sites for hydroxylation is 3. The predicted octanol–water partition coefficient (Wildman–Crippen LogP) is 1.61. The van der Waals surface area contributed by atoms with Gasteiger partial charge in [-0.15, -0.1) is 0 Å². The Hall–Kier alpha value is -2.50. The number of Topliss-reactive ketones (excluding diaryl/α,β-unsaturated/α-hetero) is 1. The van der Waals surface area contributed by atoms with E-state index in [9.17, 15) is 19.2 Å². The van der Waals surface area contributed by atoms with Crippen LogP contribution >= 0.6 is 0 Å². The summed E-state index contributed by atoms with van der Waals surface area (Å²) < 4.78 is 0. The number of likely N-dealkylation sites (N-methyl/N-ethyl adjacent to an activating group) is 1. The molecule has 0 radical (unpaired) electrons. The Labute approximate surface area is 128 Å². The molecular formula is C16H18N2O4. The van der Waals surface area contributed by atoms with Gasteiger partial charge in [-0.2, -0.15) is 0 Å². The first-order chi connectivity index (χ1) is 10.3. The summed E-state index contributed by atoms with van der Waals surface area (Å²) in [6.07, 6.45) is 0. The van der Waals surface area contributed by atoms with Gasteiger partial charge < -0.3 is 0 Å². The van der Waals surface area contributed by atoms with Crippen molar-refractivity contribution in [1.82, 2.24) is 9.80 Å². The molecule has 6 nitrogen and oxygen atoms in total. The van der Waals surface area contributed by atoms with E-state index in [-0.39, 0.29) is 12.3 Å². The van der Waals surface area contributed by atoms with Gasteiger partial charge in [-0.3, -0.25) is 19.3 Å². The summed E-state index contributed by atoms with van der Waals surface area (Å²) in [4.78, 5) is 49.4. The van der Waals surface area contributed by atoms with Gasteiger partial charge in [0.25, 0.3) is 0 Å². The zero-order valence-corrected chi connectivity index (χ0v) is 13.1. The molecular weight excluding hydrogens is 284 g/mol. The lowest BCUT2D eigenvalue weighted by Gasteiger charge is -2.15. The Balaban J connectivity index is 2.26. The van der Waals surface area contributed by atoms with Crippen molar-refractivity contribution in [3.05, 3.63) is 34.4 Å². The highest BCUT2D eigenvalue weighted by Crippen LogP contribution is 2.18. The molecule has 1 aliphatic rings. The van der Waals surface area contributed by atoms with Crippen LogP contribution in [0, 0.1) is 20.8 Å². The van der Waals surface area contributed by atoms with Crippen molar-refractivity contribution in [2.45, 2.75) is 27.7 Å². The molecule has 1 fully saturated rings. The number of nitrogens with zero attached hydrogens (tertiary/aromatic N) is 2. The van der Waals surface area contributed by atoms with Gasteiger partial charge in [0.2, 0.25) is 0 Å². The molecule has 116 valence electrons. The summed E-state index contributed by atoms with van der Waals surface area (Å²) in [7, 11) is 0. The van der Waals surface area contributed by atoms with Crippen LogP contribution in [0.1, 0.15) is 34.0 Å². The van der Waals surface area contributed by atoms with E-state index in [0.717, 1.165) is 21.6 Å². The number of benzene rings is 1. The summed E-state index contributed by atoms with van der Waals surface area (Å²) in [6.45, 7) is 6.93. The first-order valence-corrected chi connectivity index (χ1v) is 7.06. The van der Waals surface area contributed by atoms with Crippen LogP contribution in [0.4, 0.5) is 4.79 Å². The maximum absolute atomic E-state index is 12.4. The molecule has 0 atom stereocenters. The fourth-order valence-corrected chi connectivity index (χ4v) is 2.46. The van der Waals surface area contributed by atoms with Crippen molar-refractivity contribution in [2.24, 2.45) is 0 Å². The molecule has 0 unspecified atom stereocenters. The van der Waals surface area contributed by atoms with Crippen molar-refractivity contribution in [1.29, 1.82) is 0 Å². The monoisotopic (exact) mass is 302 g/mol. The van der Waals surface area contributed by atoms with E-state index < -0.39 is 24.4 Å². The fourth-order valence-electron chi connectivity index (χ4n) is 2.46. The summed E-state index contributed by atoms with van der Waals surface area (Å²) >= 11 is 0. The predicted molar refractivity (Wildman–Crippen MR) is 79.5 cm³/mol. The number of urea groups is 1. The lowest BCUT2D eigenvalue weighted by Crippen LogP contribution is -2.37. The molecule has 1 aliphatic heterocycles. The molecule has 1 aromatic carbocycles. The van der Waals surface area contributed by atoms with E-state index in [1.54, 1.807) is 19.9 Å². The second-order valence-corrected chi connectivity index (χ2v) is 5.40. The molecule has 1 heterocycles. The van der Waals surface area contributed by atoms with Gasteiger partial charge in [-0.1, -0.05) is 6.07 Å². The molecule has 6 heteroatoms. The van der Waals surface area contributed by atoms with Crippen LogP contribution in [0.3, 0.4) is 0 Å². The molecule has 0 aromatic heterocycles. The minimum absolute atomic E-state index is 0.108. The number of hydrogen-bond acceptors (Lipinski definition) is 4. The quantitative estimate of drug-likeness (QED) is 0.481. The minimum atomic E-state index is -0.943. The number of imide groups is 2. The van der Waals surface area contributed by atoms with Crippen molar-refractivity contribution in [3.8, 4) is 0 Å². The van der Waals surface area contributed by atoms with Crippen molar-refractivity contribution >= 4 is 23.6 Å². The van der Waals surface area contributed by atoms with Gasteiger partial charge in [0, 0.05) is 12.1 Å². The van der Waals surface area contributed by atoms with Gasteiger partial charge in [-0.25, -0.2) is 9.69 Å². The van der Waals surface area contributed by atoms with Crippen molar-refractivity contribution in [3.63, 3.8) is 0 Å². The summed E-state index contributed by atoms with van der Waals surface area (Å²) in [5, 5.41) is 0. The summed E-state index contributed by atoms with van der Waals surface area (Å²) in [6, 6.07) is 2.91. The maximum atomic E-state index is 12.4. The minimum Gasteiger partial charge on any atom is -0.292 e. The van der Waals surface area contributed by atoms with E-state index in [1.807, 2.05) is 19.9 Å². The van der Waals surface area contributed by atoms with E-state index in [2.05, 4.69) is 0 Å². The van der Waals surface area contributed by atoms with Gasteiger partial charge >= 0.3 is 17.8 Å². The third-order valence-electron chi connectivity index (χ3n) is 3.89. The lowest BCUT2D eigenvalue weighted by molar-refractivity contribution is -0.143. The highest BCUT2D eigenvalue weighted by molar-refractivity contribution is 6.45. The topological polar surface area (TPSA) is 74.8 Å². The molecule has 0 N–H and O–H groups in total. The SMILES string of the molecule is CCN1C(=O)C(=O)N(CC(=O)c2cc(C)c(C)cc2C)C1=O. The highest BCUT2D eigenvalue weighted by Gasteiger charge is 2.44. The van der Waals surface area contributed by atoms with E-state index in [0.29, 0.717) is 10.5 Å². The Bertz CT molecular complexity index is 694. The van der Waals surface area contributed by atoms with Crippen LogP contribution in [0.25, 0.3) is 0 Å². The second kappa shape index (κ2) is 5.71. The third kappa shape index (κ3) is 2.52. The zero-order chi connectivity index (χ0) is 16.6. The largest absolute Gasteiger partial charge is 0.334 e. The third-order valence-corrected chi connectivity index (χ3v) is 3.89. The Morgan fingerprint density at radius 2 is 1.45 bits per heavy atom. The molecule has 4 amide bonds. The number of carbonyl (C=O) groups excluding carboxylic acids is 4.